The van der Waals surface area contributed by atoms with Crippen molar-refractivity contribution in [2.45, 2.75) is 25.7 Å². The van der Waals surface area contributed by atoms with Crippen molar-refractivity contribution in [3.63, 3.8) is 0 Å². The normalized spacial score (nSPS) is 17.2. The smallest absolute Gasteiger partial charge is 0.325 e. The van der Waals surface area contributed by atoms with Gasteiger partial charge in [-0.25, -0.2) is 0 Å². The van der Waals surface area contributed by atoms with E-state index < -0.39 is 5.97 Å². The van der Waals surface area contributed by atoms with E-state index in [1.165, 1.54) is 4.68 Å². The van der Waals surface area contributed by atoms with Crippen LogP contribution in [0.3, 0.4) is 0 Å². The van der Waals surface area contributed by atoms with Crippen LogP contribution in [0.5, 0.6) is 11.5 Å². The zero-order valence-corrected chi connectivity index (χ0v) is 12.8. The second kappa shape index (κ2) is 6.70. The summed E-state index contributed by atoms with van der Waals surface area (Å²) in [6.45, 7) is 0.529. The number of rotatable bonds is 6. The van der Waals surface area contributed by atoms with Crippen LogP contribution >= 0.6 is 0 Å². The van der Waals surface area contributed by atoms with E-state index >= 15 is 0 Å². The second-order valence-corrected chi connectivity index (χ2v) is 5.22. The van der Waals surface area contributed by atoms with Gasteiger partial charge in [0, 0.05) is 18.2 Å². The topological polar surface area (TPSA) is 82.8 Å². The minimum absolute atomic E-state index is 0.171. The molecule has 0 bridgehead atoms. The zero-order valence-electron chi connectivity index (χ0n) is 12.8. The van der Waals surface area contributed by atoms with Gasteiger partial charge in [-0.2, -0.15) is 5.10 Å². The first-order valence-electron chi connectivity index (χ1n) is 7.37. The molecule has 0 spiro atoms. The summed E-state index contributed by atoms with van der Waals surface area (Å²) in [6.07, 6.45) is 3.20. The van der Waals surface area contributed by atoms with Gasteiger partial charge in [0.15, 0.2) is 17.8 Å². The van der Waals surface area contributed by atoms with E-state index in [9.17, 15) is 4.79 Å². The van der Waals surface area contributed by atoms with Crippen molar-refractivity contribution >= 4 is 5.97 Å². The average Bonchev–Trinajstić information content (AvgIpc) is 3.18. The molecule has 0 aliphatic carbocycles. The SMILES string of the molecule is COc1ccc(-c2ccn(CC(=O)O)n2)cc1O[C@H]1CCCO1. The molecule has 1 saturated heterocycles. The van der Waals surface area contributed by atoms with E-state index in [1.807, 2.05) is 12.1 Å². The Hall–Kier alpha value is -2.54. The highest BCUT2D eigenvalue weighted by Crippen LogP contribution is 2.33. The van der Waals surface area contributed by atoms with E-state index in [-0.39, 0.29) is 12.8 Å². The molecule has 7 nitrogen and oxygen atoms in total. The number of aliphatic carboxylic acids is 1. The van der Waals surface area contributed by atoms with Crippen LogP contribution in [0, 0.1) is 0 Å². The van der Waals surface area contributed by atoms with Gasteiger partial charge in [0.1, 0.15) is 6.54 Å². The molecule has 0 saturated carbocycles. The number of carboxylic acid groups (broad SMARTS) is 1. The summed E-state index contributed by atoms with van der Waals surface area (Å²) in [6, 6.07) is 7.25. The van der Waals surface area contributed by atoms with Crippen molar-refractivity contribution < 1.29 is 24.1 Å². The second-order valence-electron chi connectivity index (χ2n) is 5.22. The van der Waals surface area contributed by atoms with Crippen molar-refractivity contribution in [1.29, 1.82) is 0 Å². The lowest BCUT2D eigenvalue weighted by Gasteiger charge is -2.16. The number of aromatic nitrogens is 2. The lowest BCUT2D eigenvalue weighted by Crippen LogP contribution is -2.14. The van der Waals surface area contributed by atoms with Gasteiger partial charge in [-0.3, -0.25) is 9.48 Å². The molecule has 7 heteroatoms. The molecule has 0 radical (unpaired) electrons. The van der Waals surface area contributed by atoms with E-state index in [4.69, 9.17) is 19.3 Å². The zero-order chi connectivity index (χ0) is 16.2. The third kappa shape index (κ3) is 3.62. The third-order valence-electron chi connectivity index (χ3n) is 3.54. The highest BCUT2D eigenvalue weighted by Gasteiger charge is 2.19. The summed E-state index contributed by atoms with van der Waals surface area (Å²) in [5.74, 6) is 0.274. The van der Waals surface area contributed by atoms with Crippen molar-refractivity contribution in [3.05, 3.63) is 30.5 Å². The molecule has 2 heterocycles. The van der Waals surface area contributed by atoms with Gasteiger partial charge in [-0.05, 0) is 30.7 Å². The number of benzene rings is 1. The number of hydrogen-bond donors (Lipinski definition) is 1. The number of nitrogens with zero attached hydrogens (tertiary/aromatic N) is 2. The van der Waals surface area contributed by atoms with Crippen molar-refractivity contribution in [3.8, 4) is 22.8 Å². The molecule has 3 rings (SSSR count). The molecule has 1 N–H and O–H groups in total. The minimum Gasteiger partial charge on any atom is -0.493 e. The lowest BCUT2D eigenvalue weighted by molar-refractivity contribution is -0.137. The molecule has 1 fully saturated rings. The highest BCUT2D eigenvalue weighted by atomic mass is 16.7. The maximum absolute atomic E-state index is 10.7. The molecule has 122 valence electrons. The minimum atomic E-state index is -0.934. The molecule has 23 heavy (non-hydrogen) atoms. The Morgan fingerprint density at radius 2 is 2.30 bits per heavy atom. The number of hydrogen-bond acceptors (Lipinski definition) is 5. The Kier molecular flexibility index (Phi) is 4.47. The summed E-state index contributed by atoms with van der Waals surface area (Å²) in [5, 5.41) is 13.1. The van der Waals surface area contributed by atoms with E-state index in [1.54, 1.807) is 25.4 Å². The van der Waals surface area contributed by atoms with Crippen LogP contribution in [0.4, 0.5) is 0 Å². The number of carboxylic acids is 1. The highest BCUT2D eigenvalue weighted by molar-refractivity contribution is 5.67. The van der Waals surface area contributed by atoms with Crippen LogP contribution < -0.4 is 9.47 Å². The maximum Gasteiger partial charge on any atom is 0.325 e. The summed E-state index contributed by atoms with van der Waals surface area (Å²) in [5.41, 5.74) is 1.49. The fourth-order valence-corrected chi connectivity index (χ4v) is 2.45. The summed E-state index contributed by atoms with van der Waals surface area (Å²) in [7, 11) is 1.58. The summed E-state index contributed by atoms with van der Waals surface area (Å²) < 4.78 is 18.0. The first-order chi connectivity index (χ1) is 11.2. The van der Waals surface area contributed by atoms with E-state index in [2.05, 4.69) is 5.10 Å². The number of carbonyl (C=O) groups is 1. The Bertz CT molecular complexity index is 692. The number of methoxy groups -OCH3 is 1. The quantitative estimate of drug-likeness (QED) is 0.879. The third-order valence-corrected chi connectivity index (χ3v) is 3.54. The van der Waals surface area contributed by atoms with Gasteiger partial charge >= 0.3 is 5.97 Å². The van der Waals surface area contributed by atoms with Gasteiger partial charge < -0.3 is 19.3 Å². The van der Waals surface area contributed by atoms with Crippen LogP contribution in [-0.4, -0.2) is 40.9 Å². The Morgan fingerprint density at radius 3 is 3.00 bits per heavy atom. The van der Waals surface area contributed by atoms with E-state index in [0.717, 1.165) is 18.4 Å². The van der Waals surface area contributed by atoms with Crippen LogP contribution in [0.15, 0.2) is 30.5 Å². The van der Waals surface area contributed by atoms with Crippen LogP contribution in [0.25, 0.3) is 11.3 Å². The fourth-order valence-electron chi connectivity index (χ4n) is 2.45. The molecule has 1 aliphatic rings. The Morgan fingerprint density at radius 1 is 1.43 bits per heavy atom. The first kappa shape index (κ1) is 15.4. The van der Waals surface area contributed by atoms with Gasteiger partial charge in [-0.1, -0.05) is 0 Å². The average molecular weight is 318 g/mol. The maximum atomic E-state index is 10.7. The summed E-state index contributed by atoms with van der Waals surface area (Å²) >= 11 is 0. The molecule has 1 atom stereocenters. The van der Waals surface area contributed by atoms with Gasteiger partial charge in [0.25, 0.3) is 0 Å². The predicted molar refractivity (Wildman–Crippen MR) is 81.5 cm³/mol. The van der Waals surface area contributed by atoms with Crippen molar-refractivity contribution in [1.82, 2.24) is 9.78 Å². The Labute approximate surface area is 133 Å². The largest absolute Gasteiger partial charge is 0.493 e. The molecule has 1 aromatic heterocycles. The van der Waals surface area contributed by atoms with Gasteiger partial charge in [-0.15, -0.1) is 0 Å². The predicted octanol–water partition coefficient (Wildman–Crippen LogP) is 2.16. The van der Waals surface area contributed by atoms with Crippen molar-refractivity contribution in [2.24, 2.45) is 0 Å². The molecule has 2 aromatic rings. The van der Waals surface area contributed by atoms with E-state index in [0.29, 0.717) is 23.8 Å². The number of ether oxygens (including phenoxy) is 3. The molecule has 1 aromatic carbocycles. The monoisotopic (exact) mass is 318 g/mol. The molecular weight excluding hydrogens is 300 g/mol. The first-order valence-corrected chi connectivity index (χ1v) is 7.37. The van der Waals surface area contributed by atoms with Gasteiger partial charge in [0.05, 0.1) is 19.4 Å². The van der Waals surface area contributed by atoms with Crippen LogP contribution in [-0.2, 0) is 16.1 Å². The lowest BCUT2D eigenvalue weighted by atomic mass is 10.1. The Balaban J connectivity index is 1.84. The van der Waals surface area contributed by atoms with Crippen molar-refractivity contribution in [2.75, 3.05) is 13.7 Å². The van der Waals surface area contributed by atoms with Crippen LogP contribution in [0.2, 0.25) is 0 Å². The van der Waals surface area contributed by atoms with Gasteiger partial charge in [0.2, 0.25) is 0 Å². The molecule has 0 amide bonds. The fraction of sp³-hybridized carbons (Fsp3) is 0.375. The molecule has 1 aliphatic heterocycles. The molecule has 0 unspecified atom stereocenters. The van der Waals surface area contributed by atoms with Crippen LogP contribution in [0.1, 0.15) is 12.8 Å². The summed E-state index contributed by atoms with van der Waals surface area (Å²) in [4.78, 5) is 10.7. The standard InChI is InChI=1S/C16H18N2O5/c1-21-13-5-4-11(9-14(13)23-16-3-2-8-22-16)12-6-7-18(17-12)10-15(19)20/h4-7,9,16H,2-3,8,10H2,1H3,(H,19,20)/t16-/m0/s1. The molecular formula is C16H18N2O5.